The van der Waals surface area contributed by atoms with E-state index < -0.39 is 5.97 Å². The molecule has 5 heteroatoms. The maximum atomic E-state index is 12.1. The molecule has 21 heavy (non-hydrogen) atoms. The number of carboxylic acids is 1. The molecule has 0 aliphatic rings. The summed E-state index contributed by atoms with van der Waals surface area (Å²) in [4.78, 5) is 23.0. The molecular formula is C16H22BrNO3. The van der Waals surface area contributed by atoms with E-state index in [2.05, 4.69) is 21.2 Å². The third-order valence-electron chi connectivity index (χ3n) is 3.12. The van der Waals surface area contributed by atoms with E-state index in [4.69, 9.17) is 5.11 Å². The Kier molecular flexibility index (Phi) is 6.89. The summed E-state index contributed by atoms with van der Waals surface area (Å²) >= 11 is 3.37. The van der Waals surface area contributed by atoms with E-state index in [9.17, 15) is 9.59 Å². The molecule has 0 aromatic heterocycles. The van der Waals surface area contributed by atoms with E-state index in [1.165, 1.54) is 0 Å². The van der Waals surface area contributed by atoms with E-state index in [-0.39, 0.29) is 18.2 Å². The van der Waals surface area contributed by atoms with Gasteiger partial charge >= 0.3 is 5.97 Å². The SMILES string of the molecule is Cc1cc(Br)cc(C(=O)NC[C@H](CC(=O)O)CC(C)C)c1. The predicted molar refractivity (Wildman–Crippen MR) is 86.4 cm³/mol. The molecule has 1 atom stereocenters. The number of halogens is 1. The molecule has 1 rings (SSSR count). The highest BCUT2D eigenvalue weighted by Gasteiger charge is 2.16. The number of hydrogen-bond donors (Lipinski definition) is 2. The zero-order valence-electron chi connectivity index (χ0n) is 12.6. The van der Waals surface area contributed by atoms with Crippen molar-refractivity contribution >= 4 is 27.8 Å². The van der Waals surface area contributed by atoms with Crippen molar-refractivity contribution in [2.24, 2.45) is 11.8 Å². The van der Waals surface area contributed by atoms with Crippen LogP contribution in [-0.2, 0) is 4.79 Å². The summed E-state index contributed by atoms with van der Waals surface area (Å²) in [5, 5.41) is 11.8. The largest absolute Gasteiger partial charge is 0.481 e. The molecule has 0 saturated heterocycles. The number of benzene rings is 1. The van der Waals surface area contributed by atoms with E-state index in [1.54, 1.807) is 6.07 Å². The van der Waals surface area contributed by atoms with Crippen LogP contribution < -0.4 is 5.32 Å². The summed E-state index contributed by atoms with van der Waals surface area (Å²) in [7, 11) is 0. The predicted octanol–water partition coefficient (Wildman–Crippen LogP) is 3.62. The van der Waals surface area contributed by atoms with Gasteiger partial charge in [0.1, 0.15) is 0 Å². The van der Waals surface area contributed by atoms with Crippen molar-refractivity contribution in [2.75, 3.05) is 6.54 Å². The smallest absolute Gasteiger partial charge is 0.303 e. The van der Waals surface area contributed by atoms with Crippen LogP contribution >= 0.6 is 15.9 Å². The molecule has 1 amide bonds. The molecule has 0 spiro atoms. The molecular weight excluding hydrogens is 334 g/mol. The van der Waals surface area contributed by atoms with Crippen LogP contribution in [0.15, 0.2) is 22.7 Å². The lowest BCUT2D eigenvalue weighted by Crippen LogP contribution is -2.31. The number of aliphatic carboxylic acids is 1. The molecule has 0 aliphatic heterocycles. The van der Waals surface area contributed by atoms with Crippen molar-refractivity contribution < 1.29 is 14.7 Å². The summed E-state index contributed by atoms with van der Waals surface area (Å²) in [6.07, 6.45) is 0.861. The zero-order chi connectivity index (χ0) is 16.0. The third kappa shape index (κ3) is 6.76. The van der Waals surface area contributed by atoms with E-state index in [0.717, 1.165) is 16.5 Å². The first kappa shape index (κ1) is 17.7. The number of hydrogen-bond acceptors (Lipinski definition) is 2. The topological polar surface area (TPSA) is 66.4 Å². The lowest BCUT2D eigenvalue weighted by atomic mass is 9.94. The highest BCUT2D eigenvalue weighted by Crippen LogP contribution is 2.17. The van der Waals surface area contributed by atoms with Crippen molar-refractivity contribution in [2.45, 2.75) is 33.6 Å². The van der Waals surface area contributed by atoms with Crippen molar-refractivity contribution in [3.8, 4) is 0 Å². The Morgan fingerprint density at radius 2 is 1.95 bits per heavy atom. The first-order valence-corrected chi connectivity index (χ1v) is 7.84. The minimum absolute atomic E-state index is 0.0419. The van der Waals surface area contributed by atoms with Crippen LogP contribution in [0, 0.1) is 18.8 Å². The molecule has 0 radical (unpaired) electrons. The summed E-state index contributed by atoms with van der Waals surface area (Å²) in [6.45, 7) is 6.41. The lowest BCUT2D eigenvalue weighted by molar-refractivity contribution is -0.138. The highest BCUT2D eigenvalue weighted by molar-refractivity contribution is 9.10. The van der Waals surface area contributed by atoms with Gasteiger partial charge in [0.15, 0.2) is 0 Å². The Bertz CT molecular complexity index is 494. The second kappa shape index (κ2) is 8.17. The van der Waals surface area contributed by atoms with Crippen LogP contribution in [0.5, 0.6) is 0 Å². The Morgan fingerprint density at radius 3 is 2.48 bits per heavy atom. The van der Waals surface area contributed by atoms with Gasteiger partial charge in [0.25, 0.3) is 5.91 Å². The fourth-order valence-electron chi connectivity index (χ4n) is 2.36. The Hall–Kier alpha value is -1.36. The van der Waals surface area contributed by atoms with Gasteiger partial charge in [0, 0.05) is 23.0 Å². The van der Waals surface area contributed by atoms with Gasteiger partial charge in [-0.25, -0.2) is 0 Å². The molecule has 0 heterocycles. The standard InChI is InChI=1S/C16H22BrNO3/c1-10(2)4-12(7-15(19)20)9-18-16(21)13-5-11(3)6-14(17)8-13/h5-6,8,10,12H,4,7,9H2,1-3H3,(H,18,21)(H,19,20)/t12-/m0/s1. The minimum Gasteiger partial charge on any atom is -0.481 e. The number of carbonyl (C=O) groups is 2. The fourth-order valence-corrected chi connectivity index (χ4v) is 2.97. The van der Waals surface area contributed by atoms with Gasteiger partial charge in [-0.05, 0) is 48.9 Å². The van der Waals surface area contributed by atoms with Gasteiger partial charge in [-0.1, -0.05) is 29.8 Å². The molecule has 0 bridgehead atoms. The van der Waals surface area contributed by atoms with Gasteiger partial charge in [-0.2, -0.15) is 0 Å². The quantitative estimate of drug-likeness (QED) is 0.784. The second-order valence-corrected chi connectivity index (χ2v) is 6.74. The number of nitrogens with one attached hydrogen (secondary N) is 1. The van der Waals surface area contributed by atoms with Gasteiger partial charge < -0.3 is 10.4 Å². The van der Waals surface area contributed by atoms with Crippen LogP contribution in [0.2, 0.25) is 0 Å². The molecule has 116 valence electrons. The van der Waals surface area contributed by atoms with Gasteiger partial charge in [-0.15, -0.1) is 0 Å². The zero-order valence-corrected chi connectivity index (χ0v) is 14.2. The molecule has 4 nitrogen and oxygen atoms in total. The highest BCUT2D eigenvalue weighted by atomic mass is 79.9. The van der Waals surface area contributed by atoms with Gasteiger partial charge in [0.05, 0.1) is 0 Å². The number of carboxylic acid groups (broad SMARTS) is 1. The van der Waals surface area contributed by atoms with Crippen LogP contribution in [0.4, 0.5) is 0 Å². The van der Waals surface area contributed by atoms with Crippen molar-refractivity contribution in [3.63, 3.8) is 0 Å². The lowest BCUT2D eigenvalue weighted by Gasteiger charge is -2.18. The maximum Gasteiger partial charge on any atom is 0.303 e. The average Bonchev–Trinajstić information content (AvgIpc) is 2.32. The maximum absolute atomic E-state index is 12.1. The summed E-state index contributed by atoms with van der Waals surface area (Å²) < 4.78 is 0.858. The molecule has 0 unspecified atom stereocenters. The second-order valence-electron chi connectivity index (χ2n) is 5.82. The van der Waals surface area contributed by atoms with Gasteiger partial charge in [0.2, 0.25) is 0 Å². The first-order chi connectivity index (χ1) is 9.77. The fraction of sp³-hybridized carbons (Fsp3) is 0.500. The third-order valence-corrected chi connectivity index (χ3v) is 3.58. The van der Waals surface area contributed by atoms with E-state index in [0.29, 0.717) is 18.0 Å². The molecule has 2 N–H and O–H groups in total. The number of rotatable bonds is 7. The van der Waals surface area contributed by atoms with Crippen LogP contribution in [0.25, 0.3) is 0 Å². The normalized spacial score (nSPS) is 12.2. The number of carbonyl (C=O) groups excluding carboxylic acids is 1. The average molecular weight is 356 g/mol. The minimum atomic E-state index is -0.826. The van der Waals surface area contributed by atoms with Gasteiger partial charge in [-0.3, -0.25) is 9.59 Å². The van der Waals surface area contributed by atoms with Crippen LogP contribution in [0.1, 0.15) is 42.6 Å². The molecule has 0 fully saturated rings. The van der Waals surface area contributed by atoms with Crippen molar-refractivity contribution in [1.29, 1.82) is 0 Å². The summed E-state index contributed by atoms with van der Waals surface area (Å²) in [5.41, 5.74) is 1.58. The van der Waals surface area contributed by atoms with Crippen molar-refractivity contribution in [3.05, 3.63) is 33.8 Å². The number of aryl methyl sites for hydroxylation is 1. The van der Waals surface area contributed by atoms with E-state index in [1.807, 2.05) is 32.9 Å². The van der Waals surface area contributed by atoms with Crippen LogP contribution in [-0.4, -0.2) is 23.5 Å². The molecule has 1 aromatic carbocycles. The summed E-state index contributed by atoms with van der Waals surface area (Å²) in [6, 6.07) is 5.51. The Labute approximate surface area is 134 Å². The molecule has 0 aliphatic carbocycles. The first-order valence-electron chi connectivity index (χ1n) is 7.05. The summed E-state index contributed by atoms with van der Waals surface area (Å²) in [5.74, 6) is -0.634. The van der Waals surface area contributed by atoms with Crippen LogP contribution in [0.3, 0.4) is 0 Å². The molecule has 0 saturated carbocycles. The van der Waals surface area contributed by atoms with E-state index >= 15 is 0 Å². The number of amides is 1. The Morgan fingerprint density at radius 1 is 1.29 bits per heavy atom. The Balaban J connectivity index is 2.65. The van der Waals surface area contributed by atoms with Crippen molar-refractivity contribution in [1.82, 2.24) is 5.32 Å². The monoisotopic (exact) mass is 355 g/mol. The molecule has 1 aromatic rings.